The number of nitrogens with zero attached hydrogens (tertiary/aromatic N) is 4. The molecule has 2 fully saturated rings. The Balaban J connectivity index is 1.48. The molecule has 0 amide bonds. The van der Waals surface area contributed by atoms with Crippen LogP contribution in [0, 0.1) is 0 Å². The minimum absolute atomic E-state index is 0.279. The molecule has 1 aromatic heterocycles. The first-order chi connectivity index (χ1) is 12.3. The van der Waals surface area contributed by atoms with Crippen molar-refractivity contribution in [1.29, 1.82) is 0 Å². The fourth-order valence-electron chi connectivity index (χ4n) is 4.62. The van der Waals surface area contributed by atoms with Gasteiger partial charge in [-0.25, -0.2) is 0 Å². The van der Waals surface area contributed by atoms with Crippen molar-refractivity contribution in [3.8, 4) is 0 Å². The molecule has 5 nitrogen and oxygen atoms in total. The van der Waals surface area contributed by atoms with Crippen molar-refractivity contribution in [2.75, 3.05) is 26.2 Å². The number of benzene rings is 1. The van der Waals surface area contributed by atoms with Crippen LogP contribution in [0.15, 0.2) is 30.6 Å². The summed E-state index contributed by atoms with van der Waals surface area (Å²) >= 11 is 0. The summed E-state index contributed by atoms with van der Waals surface area (Å²) in [4.78, 5) is 14.2. The predicted molar refractivity (Wildman–Crippen MR) is 99.3 cm³/mol. The number of hydrogen-bond acceptors (Lipinski definition) is 5. The van der Waals surface area contributed by atoms with Crippen LogP contribution in [0.5, 0.6) is 0 Å². The quantitative estimate of drug-likeness (QED) is 0.906. The number of fused-ring (bicyclic) bond motifs is 1. The maximum Gasteiger partial charge on any atom is 0.0931 e. The number of aliphatic hydroxyl groups excluding tert-OH is 1. The van der Waals surface area contributed by atoms with E-state index >= 15 is 0 Å². The first-order valence-electron chi connectivity index (χ1n) is 9.63. The highest BCUT2D eigenvalue weighted by atomic mass is 16.3. The van der Waals surface area contributed by atoms with E-state index in [9.17, 15) is 5.11 Å². The zero-order valence-corrected chi connectivity index (χ0v) is 14.8. The van der Waals surface area contributed by atoms with Crippen LogP contribution in [0.1, 0.15) is 37.7 Å². The molecule has 2 aromatic rings. The smallest absolute Gasteiger partial charge is 0.0931 e. The van der Waals surface area contributed by atoms with Crippen LogP contribution in [-0.4, -0.2) is 63.2 Å². The van der Waals surface area contributed by atoms with Crippen molar-refractivity contribution in [2.24, 2.45) is 0 Å². The molecule has 4 rings (SSSR count). The highest BCUT2D eigenvalue weighted by molar-refractivity contribution is 5.77. The van der Waals surface area contributed by atoms with Crippen LogP contribution < -0.4 is 0 Å². The van der Waals surface area contributed by atoms with Crippen LogP contribution in [0.2, 0.25) is 0 Å². The van der Waals surface area contributed by atoms with E-state index in [1.165, 1.54) is 31.2 Å². The predicted octanol–water partition coefficient (Wildman–Crippen LogP) is 2.44. The van der Waals surface area contributed by atoms with E-state index in [-0.39, 0.29) is 6.61 Å². The Bertz CT molecular complexity index is 696. The molecule has 134 valence electrons. The van der Waals surface area contributed by atoms with Gasteiger partial charge in [-0.3, -0.25) is 19.8 Å². The van der Waals surface area contributed by atoms with Gasteiger partial charge < -0.3 is 5.11 Å². The second-order valence-electron chi connectivity index (χ2n) is 7.42. The molecule has 0 spiro atoms. The monoisotopic (exact) mass is 340 g/mol. The highest BCUT2D eigenvalue weighted by Gasteiger charge is 2.33. The van der Waals surface area contributed by atoms with Gasteiger partial charge in [-0.1, -0.05) is 25.0 Å². The second-order valence-corrected chi connectivity index (χ2v) is 7.42. The van der Waals surface area contributed by atoms with Gasteiger partial charge in [0.2, 0.25) is 0 Å². The van der Waals surface area contributed by atoms with Gasteiger partial charge in [-0.2, -0.15) is 0 Å². The lowest BCUT2D eigenvalue weighted by Gasteiger charge is -2.44. The third-order valence-electron chi connectivity index (χ3n) is 5.84. The fraction of sp³-hybridized carbons (Fsp3) is 0.600. The highest BCUT2D eigenvalue weighted by Crippen LogP contribution is 2.28. The maximum absolute atomic E-state index is 9.53. The summed E-state index contributed by atoms with van der Waals surface area (Å²) in [6.07, 6.45) is 9.81. The largest absolute Gasteiger partial charge is 0.396 e. The summed E-state index contributed by atoms with van der Waals surface area (Å²) in [5.41, 5.74) is 3.24. The van der Waals surface area contributed by atoms with Gasteiger partial charge in [0.05, 0.1) is 11.0 Å². The van der Waals surface area contributed by atoms with Crippen LogP contribution in [0.4, 0.5) is 0 Å². The van der Waals surface area contributed by atoms with Gasteiger partial charge in [0.15, 0.2) is 0 Å². The number of piperazine rings is 1. The average molecular weight is 340 g/mol. The SMILES string of the molecule is OCC[C@@H]1CN(Cc2cccc3nccnc23)CCN1C1CCCC1. The summed E-state index contributed by atoms with van der Waals surface area (Å²) in [5, 5.41) is 9.53. The molecule has 0 unspecified atom stereocenters. The maximum atomic E-state index is 9.53. The summed E-state index contributed by atoms with van der Waals surface area (Å²) < 4.78 is 0. The molecular weight excluding hydrogens is 312 g/mol. The summed E-state index contributed by atoms with van der Waals surface area (Å²) in [5.74, 6) is 0. The summed E-state index contributed by atoms with van der Waals surface area (Å²) in [7, 11) is 0. The van der Waals surface area contributed by atoms with E-state index in [1.807, 2.05) is 6.07 Å². The van der Waals surface area contributed by atoms with Crippen molar-refractivity contribution in [2.45, 2.75) is 50.7 Å². The number of para-hydroxylation sites is 1. The van der Waals surface area contributed by atoms with Crippen molar-refractivity contribution in [1.82, 2.24) is 19.8 Å². The average Bonchev–Trinajstić information content (AvgIpc) is 3.17. The van der Waals surface area contributed by atoms with E-state index in [1.54, 1.807) is 12.4 Å². The van der Waals surface area contributed by atoms with Gasteiger partial charge >= 0.3 is 0 Å². The lowest BCUT2D eigenvalue weighted by Crippen LogP contribution is -2.56. The Morgan fingerprint density at radius 1 is 1.08 bits per heavy atom. The van der Waals surface area contributed by atoms with Crippen LogP contribution in [0.25, 0.3) is 11.0 Å². The molecule has 1 aliphatic heterocycles. The summed E-state index contributed by atoms with van der Waals surface area (Å²) in [6, 6.07) is 7.48. The lowest BCUT2D eigenvalue weighted by molar-refractivity contribution is 0.0269. The molecule has 2 aliphatic rings. The number of hydrogen-bond donors (Lipinski definition) is 1. The second kappa shape index (κ2) is 7.77. The van der Waals surface area contributed by atoms with E-state index in [2.05, 4.69) is 31.9 Å². The van der Waals surface area contributed by atoms with Gasteiger partial charge in [0.25, 0.3) is 0 Å². The van der Waals surface area contributed by atoms with E-state index < -0.39 is 0 Å². The Kier molecular flexibility index (Phi) is 5.25. The van der Waals surface area contributed by atoms with Gasteiger partial charge in [0.1, 0.15) is 0 Å². The van der Waals surface area contributed by atoms with Crippen LogP contribution in [-0.2, 0) is 6.54 Å². The van der Waals surface area contributed by atoms with Gasteiger partial charge in [-0.05, 0) is 30.9 Å². The Morgan fingerprint density at radius 2 is 1.92 bits per heavy atom. The zero-order valence-electron chi connectivity index (χ0n) is 14.8. The lowest BCUT2D eigenvalue weighted by atomic mass is 10.0. The van der Waals surface area contributed by atoms with Gasteiger partial charge in [-0.15, -0.1) is 0 Å². The van der Waals surface area contributed by atoms with E-state index in [0.29, 0.717) is 6.04 Å². The van der Waals surface area contributed by atoms with E-state index in [0.717, 1.165) is 49.7 Å². The topological polar surface area (TPSA) is 52.5 Å². The first-order valence-corrected chi connectivity index (χ1v) is 9.63. The standard InChI is InChI=1S/C20H28N4O/c25-13-8-18-15-23(11-12-24(18)17-5-1-2-6-17)14-16-4-3-7-19-20(16)22-10-9-21-19/h3-4,7,9-10,17-18,25H,1-2,5-6,8,11-15H2/t18-/m1/s1. The number of aromatic nitrogens is 2. The molecule has 1 N–H and O–H groups in total. The Labute approximate surface area is 149 Å². The fourth-order valence-corrected chi connectivity index (χ4v) is 4.62. The van der Waals surface area contributed by atoms with Crippen molar-refractivity contribution in [3.05, 3.63) is 36.2 Å². The van der Waals surface area contributed by atoms with Gasteiger partial charge in [0, 0.05) is 57.3 Å². The minimum atomic E-state index is 0.279. The number of aliphatic hydroxyl groups is 1. The van der Waals surface area contributed by atoms with Crippen molar-refractivity contribution < 1.29 is 5.11 Å². The molecule has 1 saturated carbocycles. The van der Waals surface area contributed by atoms with Crippen LogP contribution in [0.3, 0.4) is 0 Å². The van der Waals surface area contributed by atoms with E-state index in [4.69, 9.17) is 0 Å². The molecule has 25 heavy (non-hydrogen) atoms. The Hall–Kier alpha value is -1.56. The minimum Gasteiger partial charge on any atom is -0.396 e. The normalized spacial score (nSPS) is 23.5. The van der Waals surface area contributed by atoms with Crippen molar-refractivity contribution in [3.63, 3.8) is 0 Å². The van der Waals surface area contributed by atoms with Crippen LogP contribution >= 0.6 is 0 Å². The third-order valence-corrected chi connectivity index (χ3v) is 5.84. The molecule has 2 heterocycles. The van der Waals surface area contributed by atoms with Crippen molar-refractivity contribution >= 4 is 11.0 Å². The summed E-state index contributed by atoms with van der Waals surface area (Å²) in [6.45, 7) is 4.44. The molecule has 1 aromatic carbocycles. The molecule has 0 radical (unpaired) electrons. The molecule has 1 saturated heterocycles. The first kappa shape index (κ1) is 16.9. The third kappa shape index (κ3) is 3.68. The Morgan fingerprint density at radius 3 is 2.76 bits per heavy atom. The molecule has 1 atom stereocenters. The molecule has 1 aliphatic carbocycles. The zero-order chi connectivity index (χ0) is 17.1. The number of rotatable bonds is 5. The molecule has 0 bridgehead atoms. The molecular formula is C20H28N4O. The molecule has 5 heteroatoms.